The summed E-state index contributed by atoms with van der Waals surface area (Å²) in [6.07, 6.45) is 0. The number of carbonyl (C=O) groups is 1. The van der Waals surface area contributed by atoms with Gasteiger partial charge in [-0.25, -0.2) is 8.78 Å². The number of carbonyl (C=O) groups excluding carboxylic acids is 1. The van der Waals surface area contributed by atoms with Crippen LogP contribution in [0.2, 0.25) is 0 Å². The third-order valence-electron chi connectivity index (χ3n) is 1.58. The molecule has 72 valence electrons. The monoisotopic (exact) mass is 259 g/mol. The van der Waals surface area contributed by atoms with Crippen LogP contribution in [0.1, 0.15) is 15.9 Å². The third kappa shape index (κ3) is 1.96. The fourth-order valence-corrected chi connectivity index (χ4v) is 1.25. The molecule has 14 heavy (non-hydrogen) atoms. The second kappa shape index (κ2) is 4.29. The Bertz CT molecular complexity index is 426. The fraction of sp³-hybridized carbons (Fsp3) is 0.111. The topological polar surface area (TPSA) is 40.9 Å². The number of halogens is 3. The van der Waals surface area contributed by atoms with Gasteiger partial charge in [-0.3, -0.25) is 4.79 Å². The molecular formula is C9H4BrF2NO. The van der Waals surface area contributed by atoms with Gasteiger partial charge in [0.05, 0.1) is 16.5 Å². The number of alkyl halides is 1. The first-order valence-corrected chi connectivity index (χ1v) is 4.70. The second-order valence-corrected chi connectivity index (χ2v) is 3.04. The van der Waals surface area contributed by atoms with Crippen molar-refractivity contribution in [2.45, 2.75) is 0 Å². The zero-order valence-corrected chi connectivity index (χ0v) is 8.44. The average Bonchev–Trinajstić information content (AvgIpc) is 2.19. The highest BCUT2D eigenvalue weighted by atomic mass is 79.9. The Labute approximate surface area is 87.3 Å². The Kier molecular flexibility index (Phi) is 3.31. The number of nitriles is 1. The lowest BCUT2D eigenvalue weighted by Gasteiger charge is -2.01. The minimum absolute atomic E-state index is 0.113. The minimum atomic E-state index is -0.974. The van der Waals surface area contributed by atoms with Gasteiger partial charge in [-0.2, -0.15) is 5.26 Å². The summed E-state index contributed by atoms with van der Waals surface area (Å²) in [6, 6.07) is 3.00. The molecule has 2 nitrogen and oxygen atoms in total. The first kappa shape index (κ1) is 10.8. The number of rotatable bonds is 2. The molecule has 0 aliphatic carbocycles. The van der Waals surface area contributed by atoms with E-state index in [0.29, 0.717) is 0 Å². The molecule has 0 unspecified atom stereocenters. The Morgan fingerprint density at radius 2 is 2.14 bits per heavy atom. The molecule has 0 fully saturated rings. The van der Waals surface area contributed by atoms with Crippen LogP contribution in [0.25, 0.3) is 0 Å². The molecule has 0 bridgehead atoms. The summed E-state index contributed by atoms with van der Waals surface area (Å²) >= 11 is 2.84. The lowest BCUT2D eigenvalue weighted by molar-refractivity contribution is 0.101. The van der Waals surface area contributed by atoms with Crippen molar-refractivity contribution >= 4 is 21.7 Å². The maximum atomic E-state index is 13.3. The summed E-state index contributed by atoms with van der Waals surface area (Å²) < 4.78 is 26.1. The first-order chi connectivity index (χ1) is 6.60. The molecular weight excluding hydrogens is 256 g/mol. The predicted octanol–water partition coefficient (Wildman–Crippen LogP) is 2.41. The van der Waals surface area contributed by atoms with Crippen LogP contribution in [0.4, 0.5) is 8.78 Å². The molecule has 0 saturated carbocycles. The Hall–Kier alpha value is -1.28. The van der Waals surface area contributed by atoms with E-state index in [1.165, 1.54) is 6.07 Å². The summed E-state index contributed by atoms with van der Waals surface area (Å²) in [6.45, 7) is 0. The van der Waals surface area contributed by atoms with Gasteiger partial charge in [0.1, 0.15) is 11.9 Å². The summed E-state index contributed by atoms with van der Waals surface area (Å²) in [5.41, 5.74) is -0.868. The number of benzene rings is 1. The SMILES string of the molecule is N#Cc1cc(F)cc(C(=O)CBr)c1F. The van der Waals surface area contributed by atoms with Gasteiger partial charge in [0.25, 0.3) is 0 Å². The number of hydrogen-bond acceptors (Lipinski definition) is 2. The van der Waals surface area contributed by atoms with E-state index in [0.717, 1.165) is 12.1 Å². The number of hydrogen-bond donors (Lipinski definition) is 0. The van der Waals surface area contributed by atoms with Crippen molar-refractivity contribution in [3.8, 4) is 6.07 Å². The van der Waals surface area contributed by atoms with E-state index < -0.39 is 28.5 Å². The van der Waals surface area contributed by atoms with E-state index in [1.807, 2.05) is 0 Å². The maximum Gasteiger partial charge on any atom is 0.176 e. The Morgan fingerprint density at radius 1 is 1.50 bits per heavy atom. The van der Waals surface area contributed by atoms with Gasteiger partial charge < -0.3 is 0 Å². The highest BCUT2D eigenvalue weighted by Crippen LogP contribution is 2.16. The van der Waals surface area contributed by atoms with Crippen LogP contribution in [-0.2, 0) is 0 Å². The zero-order chi connectivity index (χ0) is 10.7. The largest absolute Gasteiger partial charge is 0.293 e. The van der Waals surface area contributed by atoms with Crippen LogP contribution < -0.4 is 0 Å². The zero-order valence-electron chi connectivity index (χ0n) is 6.85. The fourth-order valence-electron chi connectivity index (χ4n) is 0.945. The molecule has 0 N–H and O–H groups in total. The van der Waals surface area contributed by atoms with Gasteiger partial charge in [-0.1, -0.05) is 15.9 Å². The molecule has 0 saturated heterocycles. The van der Waals surface area contributed by atoms with E-state index in [-0.39, 0.29) is 5.33 Å². The molecule has 1 rings (SSSR count). The van der Waals surface area contributed by atoms with Gasteiger partial charge in [0.2, 0.25) is 0 Å². The standard InChI is InChI=1S/C9H4BrF2NO/c10-3-8(14)7-2-6(11)1-5(4-13)9(7)12/h1-2H,3H2. The van der Waals surface area contributed by atoms with E-state index in [2.05, 4.69) is 15.9 Å². The molecule has 0 aliphatic heterocycles. The second-order valence-electron chi connectivity index (χ2n) is 2.48. The molecule has 1 aromatic rings. The Morgan fingerprint density at radius 3 is 2.64 bits per heavy atom. The molecule has 0 heterocycles. The highest BCUT2D eigenvalue weighted by molar-refractivity contribution is 9.09. The molecule has 0 amide bonds. The maximum absolute atomic E-state index is 13.3. The van der Waals surface area contributed by atoms with Crippen molar-refractivity contribution < 1.29 is 13.6 Å². The van der Waals surface area contributed by atoms with Crippen LogP contribution in [0.3, 0.4) is 0 Å². The van der Waals surface area contributed by atoms with Crippen molar-refractivity contribution in [3.63, 3.8) is 0 Å². The molecule has 5 heteroatoms. The third-order valence-corrected chi connectivity index (χ3v) is 2.09. The Balaban J connectivity index is 3.38. The van der Waals surface area contributed by atoms with Crippen molar-refractivity contribution in [3.05, 3.63) is 34.9 Å². The highest BCUT2D eigenvalue weighted by Gasteiger charge is 2.15. The first-order valence-electron chi connectivity index (χ1n) is 3.58. The molecule has 0 spiro atoms. The van der Waals surface area contributed by atoms with Crippen molar-refractivity contribution in [1.82, 2.24) is 0 Å². The van der Waals surface area contributed by atoms with Crippen LogP contribution in [0.15, 0.2) is 12.1 Å². The minimum Gasteiger partial charge on any atom is -0.293 e. The van der Waals surface area contributed by atoms with Gasteiger partial charge >= 0.3 is 0 Å². The van der Waals surface area contributed by atoms with Crippen molar-refractivity contribution in [2.75, 3.05) is 5.33 Å². The number of Topliss-reactive ketones (excluding diaryl/α,β-unsaturated/α-hetero) is 1. The van der Waals surface area contributed by atoms with Gasteiger partial charge in [0.15, 0.2) is 11.6 Å². The lowest BCUT2D eigenvalue weighted by Crippen LogP contribution is -2.06. The summed E-state index contributed by atoms with van der Waals surface area (Å²) in [5.74, 6) is -2.37. The number of nitrogens with zero attached hydrogens (tertiary/aromatic N) is 1. The molecule has 0 radical (unpaired) electrons. The average molecular weight is 260 g/mol. The van der Waals surface area contributed by atoms with Crippen LogP contribution in [0.5, 0.6) is 0 Å². The van der Waals surface area contributed by atoms with E-state index in [4.69, 9.17) is 5.26 Å². The molecule has 0 aromatic heterocycles. The van der Waals surface area contributed by atoms with E-state index >= 15 is 0 Å². The molecule has 1 aromatic carbocycles. The van der Waals surface area contributed by atoms with Gasteiger partial charge in [-0.15, -0.1) is 0 Å². The van der Waals surface area contributed by atoms with Crippen LogP contribution in [0, 0.1) is 23.0 Å². The predicted molar refractivity (Wildman–Crippen MR) is 49.2 cm³/mol. The summed E-state index contributed by atoms with van der Waals surface area (Å²) in [5, 5.41) is 8.33. The molecule has 0 atom stereocenters. The van der Waals surface area contributed by atoms with Gasteiger partial charge in [-0.05, 0) is 12.1 Å². The summed E-state index contributed by atoms with van der Waals surface area (Å²) in [4.78, 5) is 11.1. The smallest absolute Gasteiger partial charge is 0.176 e. The summed E-state index contributed by atoms with van der Waals surface area (Å²) in [7, 11) is 0. The normalized spacial score (nSPS) is 9.57. The van der Waals surface area contributed by atoms with Crippen LogP contribution in [-0.4, -0.2) is 11.1 Å². The molecule has 0 aliphatic rings. The lowest BCUT2D eigenvalue weighted by atomic mass is 10.1. The van der Waals surface area contributed by atoms with Crippen LogP contribution >= 0.6 is 15.9 Å². The van der Waals surface area contributed by atoms with Crippen molar-refractivity contribution in [2.24, 2.45) is 0 Å². The van der Waals surface area contributed by atoms with Gasteiger partial charge in [0, 0.05) is 0 Å². The van der Waals surface area contributed by atoms with E-state index in [1.54, 1.807) is 0 Å². The van der Waals surface area contributed by atoms with Crippen molar-refractivity contribution in [1.29, 1.82) is 5.26 Å². The number of ketones is 1. The quantitative estimate of drug-likeness (QED) is 0.605. The van der Waals surface area contributed by atoms with E-state index in [9.17, 15) is 13.6 Å².